The van der Waals surface area contributed by atoms with Crippen molar-refractivity contribution >= 4 is 29.3 Å². The molecule has 1 fully saturated rings. The Morgan fingerprint density at radius 1 is 1.14 bits per heavy atom. The molecule has 2 N–H and O–H groups in total. The quantitative estimate of drug-likeness (QED) is 0.783. The van der Waals surface area contributed by atoms with Crippen LogP contribution in [0, 0.1) is 0 Å². The zero-order valence-electron chi connectivity index (χ0n) is 16.7. The summed E-state index contributed by atoms with van der Waals surface area (Å²) in [5.41, 5.74) is 3.71. The molecule has 2 aromatic carbocycles. The summed E-state index contributed by atoms with van der Waals surface area (Å²) in [6.07, 6.45) is 3.86. The lowest BCUT2D eigenvalue weighted by molar-refractivity contribution is -0.115. The first-order valence-electron chi connectivity index (χ1n) is 10.3. The fourth-order valence-electron chi connectivity index (χ4n) is 3.87. The number of piperidine rings is 1. The maximum Gasteiger partial charge on any atom is 0.251 e. The summed E-state index contributed by atoms with van der Waals surface area (Å²) >= 11 is 1.52. The van der Waals surface area contributed by atoms with Crippen molar-refractivity contribution in [3.63, 3.8) is 0 Å². The van der Waals surface area contributed by atoms with Gasteiger partial charge < -0.3 is 10.6 Å². The van der Waals surface area contributed by atoms with Crippen LogP contribution in [0.15, 0.2) is 47.4 Å². The van der Waals surface area contributed by atoms with E-state index in [4.69, 9.17) is 0 Å². The Kier molecular flexibility index (Phi) is 6.21. The van der Waals surface area contributed by atoms with Crippen LogP contribution in [0.4, 0.5) is 5.69 Å². The molecule has 1 atom stereocenters. The summed E-state index contributed by atoms with van der Waals surface area (Å²) in [5, 5.41) is 5.82. The van der Waals surface area contributed by atoms with Crippen LogP contribution in [0.3, 0.4) is 0 Å². The number of nitrogens with zero attached hydrogens (tertiary/aromatic N) is 1. The number of fused-ring (bicyclic) bond motifs is 1. The van der Waals surface area contributed by atoms with Crippen LogP contribution in [-0.2, 0) is 17.9 Å². The maximum absolute atomic E-state index is 12.7. The third-order valence-electron chi connectivity index (χ3n) is 5.57. The van der Waals surface area contributed by atoms with E-state index in [9.17, 15) is 9.59 Å². The second-order valence-corrected chi connectivity index (χ2v) is 9.13. The molecule has 6 heteroatoms. The minimum Gasteiger partial charge on any atom is -0.348 e. The number of likely N-dealkylation sites (tertiary alicyclic amines) is 1. The van der Waals surface area contributed by atoms with Gasteiger partial charge in [-0.25, -0.2) is 0 Å². The zero-order valence-corrected chi connectivity index (χ0v) is 17.6. The Hall–Kier alpha value is -2.31. The second-order valence-electron chi connectivity index (χ2n) is 7.75. The molecule has 4 rings (SSSR count). The molecule has 0 aromatic heterocycles. The van der Waals surface area contributed by atoms with Gasteiger partial charge in [0.2, 0.25) is 5.91 Å². The topological polar surface area (TPSA) is 61.4 Å². The average Bonchev–Trinajstić information content (AvgIpc) is 2.74. The number of hydrogen-bond acceptors (Lipinski definition) is 4. The van der Waals surface area contributed by atoms with Gasteiger partial charge in [0.05, 0.1) is 10.9 Å². The summed E-state index contributed by atoms with van der Waals surface area (Å²) in [6.45, 7) is 5.62. The SMILES string of the molecule is C[C@H]1Sc2ccc(C(=O)NCc3ccccc3CN3CCCCC3)cc2NC1=O. The van der Waals surface area contributed by atoms with Gasteiger partial charge in [-0.3, -0.25) is 14.5 Å². The highest BCUT2D eigenvalue weighted by molar-refractivity contribution is 8.00. The lowest BCUT2D eigenvalue weighted by Gasteiger charge is -2.27. The third kappa shape index (κ3) is 4.82. The minimum absolute atomic E-state index is 0.0216. The van der Waals surface area contributed by atoms with E-state index in [1.54, 1.807) is 6.07 Å². The Morgan fingerprint density at radius 2 is 1.90 bits per heavy atom. The van der Waals surface area contributed by atoms with Crippen LogP contribution in [0.25, 0.3) is 0 Å². The van der Waals surface area contributed by atoms with E-state index in [1.807, 2.05) is 25.1 Å². The summed E-state index contributed by atoms with van der Waals surface area (Å²) in [4.78, 5) is 28.1. The molecule has 0 aliphatic carbocycles. The number of carbonyl (C=O) groups is 2. The van der Waals surface area contributed by atoms with Gasteiger partial charge in [-0.15, -0.1) is 11.8 Å². The van der Waals surface area contributed by atoms with Crippen molar-refractivity contribution in [3.05, 3.63) is 59.2 Å². The molecule has 2 aliphatic rings. The maximum atomic E-state index is 12.7. The molecule has 2 amide bonds. The van der Waals surface area contributed by atoms with Gasteiger partial charge in [-0.05, 0) is 62.2 Å². The van der Waals surface area contributed by atoms with Gasteiger partial charge in [0, 0.05) is 23.5 Å². The first-order valence-corrected chi connectivity index (χ1v) is 11.2. The first-order chi connectivity index (χ1) is 14.1. The second kappa shape index (κ2) is 9.01. The molecule has 2 heterocycles. The van der Waals surface area contributed by atoms with Crippen molar-refractivity contribution < 1.29 is 9.59 Å². The zero-order chi connectivity index (χ0) is 20.2. The largest absolute Gasteiger partial charge is 0.348 e. The van der Waals surface area contributed by atoms with Crippen molar-refractivity contribution in [2.75, 3.05) is 18.4 Å². The fraction of sp³-hybridized carbons (Fsp3) is 0.391. The molecule has 0 bridgehead atoms. The molecular formula is C23H27N3O2S. The number of anilines is 1. The Balaban J connectivity index is 1.41. The minimum atomic E-state index is -0.126. The lowest BCUT2D eigenvalue weighted by atomic mass is 10.0. The smallest absolute Gasteiger partial charge is 0.251 e. The highest BCUT2D eigenvalue weighted by atomic mass is 32.2. The van der Waals surface area contributed by atoms with Gasteiger partial charge in [0.15, 0.2) is 0 Å². The number of amides is 2. The van der Waals surface area contributed by atoms with Gasteiger partial charge in [-0.2, -0.15) is 0 Å². The van der Waals surface area contributed by atoms with Crippen molar-refractivity contribution in [3.8, 4) is 0 Å². The van der Waals surface area contributed by atoms with E-state index >= 15 is 0 Å². The van der Waals surface area contributed by atoms with Gasteiger partial charge >= 0.3 is 0 Å². The fourth-order valence-corrected chi connectivity index (χ4v) is 4.80. The van der Waals surface area contributed by atoms with Crippen molar-refractivity contribution in [2.24, 2.45) is 0 Å². The Bertz CT molecular complexity index is 909. The summed E-state index contributed by atoms with van der Waals surface area (Å²) in [7, 11) is 0. The number of rotatable bonds is 5. The molecule has 0 spiro atoms. The number of carbonyl (C=O) groups excluding carboxylic acids is 2. The molecule has 152 valence electrons. The summed E-state index contributed by atoms with van der Waals surface area (Å²) < 4.78 is 0. The van der Waals surface area contributed by atoms with E-state index < -0.39 is 0 Å². The van der Waals surface area contributed by atoms with Crippen molar-refractivity contribution in [1.82, 2.24) is 10.2 Å². The number of hydrogen-bond donors (Lipinski definition) is 2. The predicted octanol–water partition coefficient (Wildman–Crippen LogP) is 4.04. The predicted molar refractivity (Wildman–Crippen MR) is 117 cm³/mol. The van der Waals surface area contributed by atoms with Crippen LogP contribution in [0.5, 0.6) is 0 Å². The number of thioether (sulfide) groups is 1. The van der Waals surface area contributed by atoms with E-state index in [1.165, 1.54) is 36.6 Å². The molecule has 0 radical (unpaired) electrons. The summed E-state index contributed by atoms with van der Waals surface area (Å²) in [5.74, 6) is -0.148. The molecule has 5 nitrogen and oxygen atoms in total. The average molecular weight is 410 g/mol. The summed E-state index contributed by atoms with van der Waals surface area (Å²) in [6, 6.07) is 13.8. The van der Waals surface area contributed by atoms with Crippen LogP contribution >= 0.6 is 11.8 Å². The van der Waals surface area contributed by atoms with Gasteiger partial charge in [-0.1, -0.05) is 30.7 Å². The highest BCUT2D eigenvalue weighted by Gasteiger charge is 2.23. The van der Waals surface area contributed by atoms with E-state index in [-0.39, 0.29) is 17.1 Å². The van der Waals surface area contributed by atoms with Crippen LogP contribution < -0.4 is 10.6 Å². The number of benzene rings is 2. The van der Waals surface area contributed by atoms with Crippen molar-refractivity contribution in [1.29, 1.82) is 0 Å². The van der Waals surface area contributed by atoms with Crippen molar-refractivity contribution in [2.45, 2.75) is 49.4 Å². The standard InChI is InChI=1S/C23H27N3O2S/c1-16-22(27)25-20-13-17(9-10-21(20)29-16)23(28)24-14-18-7-3-4-8-19(18)15-26-11-5-2-6-12-26/h3-4,7-10,13,16H,2,5-6,11-12,14-15H2,1H3,(H,24,28)(H,25,27)/t16-/m1/s1. The first kappa shape index (κ1) is 20.0. The molecule has 2 aliphatic heterocycles. The molecule has 0 unspecified atom stereocenters. The molecular weight excluding hydrogens is 382 g/mol. The normalized spacial score (nSPS) is 19.3. The Morgan fingerprint density at radius 3 is 2.69 bits per heavy atom. The van der Waals surface area contributed by atoms with Gasteiger partial charge in [0.25, 0.3) is 5.91 Å². The molecule has 0 saturated carbocycles. The highest BCUT2D eigenvalue weighted by Crippen LogP contribution is 2.35. The van der Waals surface area contributed by atoms with Crippen LogP contribution in [0.1, 0.15) is 47.7 Å². The Labute approximate surface area is 176 Å². The molecule has 29 heavy (non-hydrogen) atoms. The monoisotopic (exact) mass is 409 g/mol. The third-order valence-corrected chi connectivity index (χ3v) is 6.75. The van der Waals surface area contributed by atoms with Gasteiger partial charge in [0.1, 0.15) is 0 Å². The lowest BCUT2D eigenvalue weighted by Crippen LogP contribution is -2.30. The molecule has 1 saturated heterocycles. The number of nitrogens with one attached hydrogen (secondary N) is 2. The van der Waals surface area contributed by atoms with E-state index in [0.29, 0.717) is 12.1 Å². The van der Waals surface area contributed by atoms with Crippen LogP contribution in [0.2, 0.25) is 0 Å². The van der Waals surface area contributed by atoms with Crippen LogP contribution in [-0.4, -0.2) is 35.1 Å². The van der Waals surface area contributed by atoms with E-state index in [2.05, 4.69) is 33.7 Å². The molecule has 2 aromatic rings. The van der Waals surface area contributed by atoms with E-state index in [0.717, 1.165) is 35.8 Å².